The summed E-state index contributed by atoms with van der Waals surface area (Å²) in [7, 11) is 0. The maximum absolute atomic E-state index is 11.8. The Labute approximate surface area is 133 Å². The summed E-state index contributed by atoms with van der Waals surface area (Å²) in [5.41, 5.74) is 9.38. The van der Waals surface area contributed by atoms with Crippen molar-refractivity contribution in [2.45, 2.75) is 38.0 Å². The number of rotatable bonds is 5. The molecule has 0 unspecified atom stereocenters. The number of carbonyl (C=O) groups excluding carboxylic acids is 1. The molecule has 1 aromatic rings. The van der Waals surface area contributed by atoms with Crippen molar-refractivity contribution in [1.82, 2.24) is 5.32 Å². The summed E-state index contributed by atoms with van der Waals surface area (Å²) in [5.74, 6) is -1.59. The molecule has 0 radical (unpaired) electrons. The van der Waals surface area contributed by atoms with E-state index in [0.717, 1.165) is 5.56 Å². The van der Waals surface area contributed by atoms with E-state index in [-0.39, 0.29) is 19.1 Å². The van der Waals surface area contributed by atoms with Gasteiger partial charge in [-0.05, 0) is 30.4 Å². The Balaban J connectivity index is 1.88. The van der Waals surface area contributed by atoms with Gasteiger partial charge in [0.25, 0.3) is 0 Å². The number of benzene rings is 1. The van der Waals surface area contributed by atoms with Crippen molar-refractivity contribution in [3.63, 3.8) is 0 Å². The van der Waals surface area contributed by atoms with E-state index in [9.17, 15) is 9.59 Å². The second-order valence-electron chi connectivity index (χ2n) is 5.50. The van der Waals surface area contributed by atoms with Gasteiger partial charge in [0.15, 0.2) is 0 Å². The van der Waals surface area contributed by atoms with Crippen molar-refractivity contribution in [3.8, 4) is 0 Å². The van der Waals surface area contributed by atoms with Gasteiger partial charge in [0.05, 0.1) is 5.92 Å². The Bertz CT molecular complexity index is 591. The van der Waals surface area contributed by atoms with Gasteiger partial charge in [-0.3, -0.25) is 4.79 Å². The highest BCUT2D eigenvalue weighted by Gasteiger charge is 2.33. The molecule has 8 nitrogen and oxygen atoms in total. The molecule has 8 heteroatoms. The molecule has 0 spiro atoms. The normalized spacial score (nSPS) is 23.4. The number of nitrogens with one attached hydrogen (secondary N) is 1. The van der Waals surface area contributed by atoms with Gasteiger partial charge in [-0.15, -0.1) is 0 Å². The van der Waals surface area contributed by atoms with Crippen molar-refractivity contribution in [2.75, 3.05) is 0 Å². The van der Waals surface area contributed by atoms with Crippen LogP contribution in [0.15, 0.2) is 35.4 Å². The van der Waals surface area contributed by atoms with Gasteiger partial charge in [-0.25, -0.2) is 4.79 Å². The number of aliphatic carboxylic acids is 1. The zero-order valence-electron chi connectivity index (χ0n) is 12.5. The smallest absolute Gasteiger partial charge is 0.407 e. The average Bonchev–Trinajstić information content (AvgIpc) is 2.54. The third-order valence-electron chi connectivity index (χ3n) is 3.78. The van der Waals surface area contributed by atoms with Crippen LogP contribution in [0.1, 0.15) is 24.8 Å². The molecule has 2 N–H and O–H groups in total. The van der Waals surface area contributed by atoms with Crippen LogP contribution in [0.2, 0.25) is 0 Å². The lowest BCUT2D eigenvalue weighted by Gasteiger charge is -2.30. The molecule has 3 atom stereocenters. The fourth-order valence-corrected chi connectivity index (χ4v) is 2.71. The van der Waals surface area contributed by atoms with Crippen LogP contribution < -0.4 is 5.32 Å². The Kier molecular flexibility index (Phi) is 5.82. The highest BCUT2D eigenvalue weighted by atomic mass is 16.5. The van der Waals surface area contributed by atoms with Crippen LogP contribution in [0, 0.1) is 5.92 Å². The third-order valence-corrected chi connectivity index (χ3v) is 3.78. The number of azide groups is 1. The Morgan fingerprint density at radius 1 is 1.30 bits per heavy atom. The van der Waals surface area contributed by atoms with Crippen molar-refractivity contribution < 1.29 is 19.4 Å². The fourth-order valence-electron chi connectivity index (χ4n) is 2.71. The summed E-state index contributed by atoms with van der Waals surface area (Å²) in [6, 6.07) is 8.42. The number of hydrogen-bond acceptors (Lipinski definition) is 4. The SMILES string of the molecule is [N-]=[N+]=N[C@H]1C[C@@H](NC(=O)OCc2ccccc2)C[C@@H](C(=O)O)C1. The molecule has 1 aliphatic rings. The summed E-state index contributed by atoms with van der Waals surface area (Å²) in [6.07, 6.45) is 0.391. The van der Waals surface area contributed by atoms with E-state index in [2.05, 4.69) is 15.3 Å². The number of alkyl carbamates (subject to hydrolysis) is 1. The average molecular weight is 318 g/mol. The van der Waals surface area contributed by atoms with Crippen LogP contribution in [-0.2, 0) is 16.1 Å². The highest BCUT2D eigenvalue weighted by Crippen LogP contribution is 2.27. The largest absolute Gasteiger partial charge is 0.481 e. The topological polar surface area (TPSA) is 124 Å². The summed E-state index contributed by atoms with van der Waals surface area (Å²) >= 11 is 0. The van der Waals surface area contributed by atoms with Crippen LogP contribution in [0.3, 0.4) is 0 Å². The number of nitrogens with zero attached hydrogens (tertiary/aromatic N) is 3. The molecular formula is C15H18N4O4. The van der Waals surface area contributed by atoms with Crippen molar-refractivity contribution in [3.05, 3.63) is 46.3 Å². The molecular weight excluding hydrogens is 300 g/mol. The van der Waals surface area contributed by atoms with Gasteiger partial charge >= 0.3 is 12.1 Å². The van der Waals surface area contributed by atoms with Crippen molar-refractivity contribution in [1.29, 1.82) is 0 Å². The molecule has 1 saturated carbocycles. The van der Waals surface area contributed by atoms with E-state index in [4.69, 9.17) is 15.4 Å². The molecule has 23 heavy (non-hydrogen) atoms. The number of amides is 1. The lowest BCUT2D eigenvalue weighted by atomic mass is 9.83. The summed E-state index contributed by atoms with van der Waals surface area (Å²) in [4.78, 5) is 25.7. The van der Waals surface area contributed by atoms with Gasteiger partial charge in [-0.1, -0.05) is 35.4 Å². The zero-order chi connectivity index (χ0) is 16.7. The van der Waals surface area contributed by atoms with Crippen molar-refractivity contribution in [2.24, 2.45) is 11.0 Å². The Morgan fingerprint density at radius 2 is 2.04 bits per heavy atom. The molecule has 0 heterocycles. The number of ether oxygens (including phenoxy) is 1. The zero-order valence-corrected chi connectivity index (χ0v) is 12.5. The van der Waals surface area contributed by atoms with E-state index in [1.54, 1.807) is 0 Å². The quantitative estimate of drug-likeness (QED) is 0.492. The molecule has 0 bridgehead atoms. The highest BCUT2D eigenvalue weighted by molar-refractivity contribution is 5.71. The summed E-state index contributed by atoms with van der Waals surface area (Å²) in [5, 5.41) is 15.4. The first-order valence-electron chi connectivity index (χ1n) is 7.32. The molecule has 2 rings (SSSR count). The molecule has 122 valence electrons. The van der Waals surface area contributed by atoms with Crippen LogP contribution >= 0.6 is 0 Å². The number of carboxylic acid groups (broad SMARTS) is 1. The summed E-state index contributed by atoms with van der Waals surface area (Å²) in [6.45, 7) is 0.140. The second kappa shape index (κ2) is 8.05. The molecule has 1 aromatic carbocycles. The second-order valence-corrected chi connectivity index (χ2v) is 5.50. The van der Waals surface area contributed by atoms with E-state index in [0.29, 0.717) is 12.8 Å². The molecule has 1 aliphatic carbocycles. The third kappa shape index (κ3) is 5.19. The fraction of sp³-hybridized carbons (Fsp3) is 0.467. The van der Waals surface area contributed by atoms with Gasteiger partial charge in [0.2, 0.25) is 0 Å². The predicted octanol–water partition coefficient (Wildman–Crippen LogP) is 2.85. The number of carboxylic acids is 1. The monoisotopic (exact) mass is 318 g/mol. The minimum Gasteiger partial charge on any atom is -0.481 e. The number of hydrogen-bond donors (Lipinski definition) is 2. The molecule has 1 fully saturated rings. The van der Waals surface area contributed by atoms with E-state index in [1.165, 1.54) is 0 Å². The minimum atomic E-state index is -0.952. The molecule has 0 saturated heterocycles. The van der Waals surface area contributed by atoms with Gasteiger partial charge in [0, 0.05) is 17.0 Å². The molecule has 0 aromatic heterocycles. The maximum atomic E-state index is 11.8. The number of carbonyl (C=O) groups is 2. The van der Waals surface area contributed by atoms with Gasteiger partial charge in [0.1, 0.15) is 6.61 Å². The standard InChI is InChI=1S/C15H18N4O4/c16-19-18-13-7-11(14(20)21)6-12(8-13)17-15(22)23-9-10-4-2-1-3-5-10/h1-5,11-13H,6-9H2,(H,17,22)(H,20,21)/t11-,12+,13-/m1/s1. The lowest BCUT2D eigenvalue weighted by Crippen LogP contribution is -2.43. The molecule has 1 amide bonds. The Hall–Kier alpha value is -2.73. The van der Waals surface area contributed by atoms with Crippen LogP contribution in [0.25, 0.3) is 10.4 Å². The van der Waals surface area contributed by atoms with E-state index >= 15 is 0 Å². The van der Waals surface area contributed by atoms with Crippen LogP contribution in [0.5, 0.6) is 0 Å². The van der Waals surface area contributed by atoms with Gasteiger partial charge in [-0.2, -0.15) is 0 Å². The first kappa shape index (κ1) is 16.6. The minimum absolute atomic E-state index is 0.140. The van der Waals surface area contributed by atoms with E-state index < -0.39 is 24.0 Å². The molecule has 0 aliphatic heterocycles. The van der Waals surface area contributed by atoms with Crippen molar-refractivity contribution >= 4 is 12.1 Å². The Morgan fingerprint density at radius 3 is 2.70 bits per heavy atom. The van der Waals surface area contributed by atoms with Gasteiger partial charge < -0.3 is 15.2 Å². The maximum Gasteiger partial charge on any atom is 0.407 e. The summed E-state index contributed by atoms with van der Waals surface area (Å²) < 4.78 is 5.12. The van der Waals surface area contributed by atoms with Crippen LogP contribution in [0.4, 0.5) is 4.79 Å². The lowest BCUT2D eigenvalue weighted by molar-refractivity contribution is -0.143. The van der Waals surface area contributed by atoms with E-state index in [1.807, 2.05) is 30.3 Å². The first-order chi connectivity index (χ1) is 11.1. The predicted molar refractivity (Wildman–Crippen MR) is 81.5 cm³/mol. The van der Waals surface area contributed by atoms with Crippen LogP contribution in [-0.4, -0.2) is 29.3 Å². The first-order valence-corrected chi connectivity index (χ1v) is 7.32.